The van der Waals surface area contributed by atoms with Gasteiger partial charge in [0.2, 0.25) is 0 Å². The molecule has 1 aromatic rings. The van der Waals surface area contributed by atoms with Crippen LogP contribution in [0.1, 0.15) is 48.5 Å². The van der Waals surface area contributed by atoms with Gasteiger partial charge in [-0.3, -0.25) is 4.79 Å². The third-order valence-corrected chi connectivity index (χ3v) is 3.45. The van der Waals surface area contributed by atoms with Crippen LogP contribution >= 0.6 is 11.3 Å². The second kappa shape index (κ2) is 7.53. The number of hydrogen-bond donors (Lipinski definition) is 3. The Hall–Kier alpha value is -1.44. The van der Waals surface area contributed by atoms with Gasteiger partial charge in [-0.15, -0.1) is 11.3 Å². The monoisotopic (exact) mass is 315 g/mol. The first-order valence-electron chi connectivity index (χ1n) is 6.59. The van der Waals surface area contributed by atoms with Crippen LogP contribution in [0.15, 0.2) is 11.4 Å². The third-order valence-electron chi connectivity index (χ3n) is 2.57. The van der Waals surface area contributed by atoms with E-state index in [1.165, 1.54) is 17.4 Å². The number of aliphatic hydroxyl groups is 2. The van der Waals surface area contributed by atoms with Crippen LogP contribution in [0.4, 0.5) is 4.79 Å². The summed E-state index contributed by atoms with van der Waals surface area (Å²) in [5.41, 5.74) is -0.0868. The van der Waals surface area contributed by atoms with Crippen molar-refractivity contribution < 1.29 is 24.5 Å². The molecule has 0 saturated heterocycles. The quantitative estimate of drug-likeness (QED) is 0.697. The highest BCUT2D eigenvalue weighted by atomic mass is 32.1. The number of rotatable bonds is 6. The summed E-state index contributed by atoms with van der Waals surface area (Å²) < 4.78 is 5.05. The van der Waals surface area contributed by atoms with Crippen LogP contribution in [-0.4, -0.2) is 40.8 Å². The van der Waals surface area contributed by atoms with Crippen molar-refractivity contribution in [2.75, 3.05) is 6.54 Å². The smallest absolute Gasteiger partial charge is 0.407 e. The molecule has 3 N–H and O–H groups in total. The zero-order valence-corrected chi connectivity index (χ0v) is 13.1. The molecule has 0 aliphatic carbocycles. The van der Waals surface area contributed by atoms with Crippen LogP contribution in [0, 0.1) is 0 Å². The Morgan fingerprint density at radius 1 is 1.48 bits per heavy atom. The Labute approximate surface area is 127 Å². The summed E-state index contributed by atoms with van der Waals surface area (Å²) in [5.74, 6) is 0. The summed E-state index contributed by atoms with van der Waals surface area (Å²) in [5, 5.41) is 24.0. The fraction of sp³-hybridized carbons (Fsp3) is 0.571. The van der Waals surface area contributed by atoms with Crippen LogP contribution in [0.5, 0.6) is 0 Å². The van der Waals surface area contributed by atoms with Gasteiger partial charge >= 0.3 is 6.09 Å². The third kappa shape index (κ3) is 6.24. The minimum absolute atomic E-state index is 0.173. The summed E-state index contributed by atoms with van der Waals surface area (Å²) in [6.45, 7) is 5.45. The normalized spacial score (nSPS) is 14.3. The molecule has 2 atom stereocenters. The molecule has 0 aliphatic rings. The van der Waals surface area contributed by atoms with Crippen molar-refractivity contribution in [3.63, 3.8) is 0 Å². The standard InChI is InChI=1S/C14H21NO5S/c1-14(2,3)20-13(19)15-5-4-11(17)12(18)9-6-10(7-16)21-8-9/h6-8,11-12,17-18H,4-5H2,1-3H3,(H,15,19). The van der Waals surface area contributed by atoms with Gasteiger partial charge in [0, 0.05) is 6.54 Å². The van der Waals surface area contributed by atoms with Gasteiger partial charge in [-0.2, -0.15) is 0 Å². The van der Waals surface area contributed by atoms with Gasteiger partial charge in [-0.25, -0.2) is 4.79 Å². The highest BCUT2D eigenvalue weighted by Gasteiger charge is 2.20. The van der Waals surface area contributed by atoms with E-state index in [1.807, 2.05) is 0 Å². The molecule has 21 heavy (non-hydrogen) atoms. The number of nitrogens with one attached hydrogen (secondary N) is 1. The number of aldehydes is 1. The van der Waals surface area contributed by atoms with Gasteiger partial charge in [0.25, 0.3) is 0 Å². The van der Waals surface area contributed by atoms with Gasteiger partial charge in [-0.05, 0) is 44.2 Å². The molecule has 1 heterocycles. The summed E-state index contributed by atoms with van der Waals surface area (Å²) >= 11 is 1.20. The largest absolute Gasteiger partial charge is 0.444 e. The van der Waals surface area contributed by atoms with E-state index in [4.69, 9.17) is 4.74 Å². The number of carbonyl (C=O) groups excluding carboxylic acids is 2. The fourth-order valence-electron chi connectivity index (χ4n) is 1.60. The van der Waals surface area contributed by atoms with E-state index in [1.54, 1.807) is 26.2 Å². The number of aliphatic hydroxyl groups excluding tert-OH is 2. The molecule has 118 valence electrons. The highest BCUT2D eigenvalue weighted by Crippen LogP contribution is 2.23. The highest BCUT2D eigenvalue weighted by molar-refractivity contribution is 7.11. The molecule has 0 fully saturated rings. The first kappa shape index (κ1) is 17.6. The van der Waals surface area contributed by atoms with E-state index in [9.17, 15) is 19.8 Å². The zero-order chi connectivity index (χ0) is 16.0. The topological polar surface area (TPSA) is 95.9 Å². The van der Waals surface area contributed by atoms with Crippen molar-refractivity contribution in [3.05, 3.63) is 21.9 Å². The Morgan fingerprint density at radius 2 is 2.14 bits per heavy atom. The van der Waals surface area contributed by atoms with Crippen molar-refractivity contribution in [1.29, 1.82) is 0 Å². The average Bonchev–Trinajstić information content (AvgIpc) is 2.84. The Balaban J connectivity index is 2.38. The summed E-state index contributed by atoms with van der Waals surface area (Å²) in [6, 6.07) is 1.53. The number of carbonyl (C=O) groups is 2. The predicted octanol–water partition coefficient (Wildman–Crippen LogP) is 1.87. The lowest BCUT2D eigenvalue weighted by Gasteiger charge is -2.21. The van der Waals surface area contributed by atoms with Crippen LogP contribution in [-0.2, 0) is 4.74 Å². The van der Waals surface area contributed by atoms with Gasteiger partial charge in [0.1, 0.15) is 11.7 Å². The zero-order valence-electron chi connectivity index (χ0n) is 12.3. The molecule has 0 bridgehead atoms. The van der Waals surface area contributed by atoms with Crippen molar-refractivity contribution >= 4 is 23.7 Å². The van der Waals surface area contributed by atoms with Crippen molar-refractivity contribution in [2.45, 2.75) is 45.0 Å². The maximum absolute atomic E-state index is 11.4. The van der Waals surface area contributed by atoms with Crippen molar-refractivity contribution in [2.24, 2.45) is 0 Å². The molecule has 0 spiro atoms. The first-order valence-corrected chi connectivity index (χ1v) is 7.47. The van der Waals surface area contributed by atoms with Crippen molar-refractivity contribution in [3.8, 4) is 0 Å². The molecular formula is C14H21NO5S. The molecule has 1 aromatic heterocycles. The molecule has 0 radical (unpaired) electrons. The molecule has 0 aromatic carbocycles. The predicted molar refractivity (Wildman–Crippen MR) is 79.5 cm³/mol. The van der Waals surface area contributed by atoms with E-state index in [-0.39, 0.29) is 13.0 Å². The SMILES string of the molecule is CC(C)(C)OC(=O)NCCC(O)C(O)c1csc(C=O)c1. The molecule has 1 amide bonds. The molecule has 0 aliphatic heterocycles. The van der Waals surface area contributed by atoms with E-state index < -0.39 is 23.9 Å². The molecule has 1 rings (SSSR count). The van der Waals surface area contributed by atoms with Crippen molar-refractivity contribution in [1.82, 2.24) is 5.32 Å². The van der Waals surface area contributed by atoms with Crippen LogP contribution in [0.3, 0.4) is 0 Å². The summed E-state index contributed by atoms with van der Waals surface area (Å²) in [7, 11) is 0. The first-order chi connectivity index (χ1) is 9.73. The molecule has 2 unspecified atom stereocenters. The van der Waals surface area contributed by atoms with E-state index in [2.05, 4.69) is 5.32 Å². The second-order valence-corrected chi connectivity index (χ2v) is 6.57. The lowest BCUT2D eigenvalue weighted by atomic mass is 10.0. The number of amides is 1. The Morgan fingerprint density at radius 3 is 2.67 bits per heavy atom. The molecule has 6 nitrogen and oxygen atoms in total. The van der Waals surface area contributed by atoms with Crippen LogP contribution in [0.2, 0.25) is 0 Å². The fourth-order valence-corrected chi connectivity index (χ4v) is 2.34. The Kier molecular flexibility index (Phi) is 6.32. The average molecular weight is 315 g/mol. The number of alkyl carbamates (subject to hydrolysis) is 1. The van der Waals surface area contributed by atoms with E-state index in [0.29, 0.717) is 16.7 Å². The minimum Gasteiger partial charge on any atom is -0.444 e. The maximum Gasteiger partial charge on any atom is 0.407 e. The lowest BCUT2D eigenvalue weighted by molar-refractivity contribution is 0.0125. The van der Waals surface area contributed by atoms with Crippen LogP contribution in [0.25, 0.3) is 0 Å². The number of thiophene rings is 1. The minimum atomic E-state index is -1.09. The van der Waals surface area contributed by atoms with Gasteiger partial charge in [0.15, 0.2) is 6.29 Å². The maximum atomic E-state index is 11.4. The molecular weight excluding hydrogens is 294 g/mol. The molecule has 7 heteroatoms. The van der Waals surface area contributed by atoms with Gasteiger partial charge < -0.3 is 20.3 Å². The van der Waals surface area contributed by atoms with E-state index in [0.717, 1.165) is 0 Å². The van der Waals surface area contributed by atoms with E-state index >= 15 is 0 Å². The second-order valence-electron chi connectivity index (χ2n) is 5.63. The van der Waals surface area contributed by atoms with Gasteiger partial charge in [0.05, 0.1) is 11.0 Å². The van der Waals surface area contributed by atoms with Gasteiger partial charge in [-0.1, -0.05) is 0 Å². The lowest BCUT2D eigenvalue weighted by Crippen LogP contribution is -2.34. The summed E-state index contributed by atoms with van der Waals surface area (Å²) in [4.78, 5) is 22.5. The molecule has 0 saturated carbocycles. The number of hydrogen-bond acceptors (Lipinski definition) is 6. The number of ether oxygens (including phenoxy) is 1. The Bertz CT molecular complexity index is 480. The van der Waals surface area contributed by atoms with Crippen LogP contribution < -0.4 is 5.32 Å². The summed E-state index contributed by atoms with van der Waals surface area (Å²) in [6.07, 6.45) is -1.82.